The van der Waals surface area contributed by atoms with E-state index in [9.17, 15) is 14.0 Å². The Morgan fingerprint density at radius 1 is 1.12 bits per heavy atom. The molecule has 0 spiro atoms. The van der Waals surface area contributed by atoms with E-state index in [4.69, 9.17) is 0 Å². The summed E-state index contributed by atoms with van der Waals surface area (Å²) in [6.07, 6.45) is 3.36. The summed E-state index contributed by atoms with van der Waals surface area (Å²) in [5, 5.41) is 6.50. The van der Waals surface area contributed by atoms with Crippen LogP contribution in [0.15, 0.2) is 34.4 Å². The molecular formula is C25H26FN5O2S. The van der Waals surface area contributed by atoms with Gasteiger partial charge in [0.25, 0.3) is 5.56 Å². The van der Waals surface area contributed by atoms with E-state index in [0.717, 1.165) is 43.6 Å². The fraction of sp³-hybridized carbons (Fsp3) is 0.360. The van der Waals surface area contributed by atoms with Crippen molar-refractivity contribution >= 4 is 22.2 Å². The van der Waals surface area contributed by atoms with Gasteiger partial charge in [-0.2, -0.15) is 5.10 Å². The first kappa shape index (κ1) is 22.5. The van der Waals surface area contributed by atoms with Crippen molar-refractivity contribution in [2.75, 3.05) is 13.1 Å². The maximum absolute atomic E-state index is 13.9. The molecule has 4 heterocycles. The van der Waals surface area contributed by atoms with Gasteiger partial charge in [-0.25, -0.2) is 14.1 Å². The minimum atomic E-state index is -0.349. The first-order chi connectivity index (χ1) is 16.3. The minimum Gasteiger partial charge on any atom is -0.342 e. The maximum atomic E-state index is 13.9. The summed E-state index contributed by atoms with van der Waals surface area (Å²) in [4.78, 5) is 33.6. The number of aromatic nitrogens is 4. The zero-order chi connectivity index (χ0) is 24.0. The lowest BCUT2D eigenvalue weighted by molar-refractivity contribution is -0.131. The number of carbonyl (C=O) groups is 1. The van der Waals surface area contributed by atoms with E-state index in [2.05, 4.69) is 10.1 Å². The summed E-state index contributed by atoms with van der Waals surface area (Å²) >= 11 is 1.36. The number of rotatable bonds is 4. The number of carbonyl (C=O) groups excluding carboxylic acids is 1. The molecule has 0 atom stereocenters. The predicted octanol–water partition coefficient (Wildman–Crippen LogP) is 4.23. The molecule has 1 fully saturated rings. The normalized spacial score (nSPS) is 14.2. The van der Waals surface area contributed by atoms with Gasteiger partial charge in [-0.1, -0.05) is 6.07 Å². The first-order valence-corrected chi connectivity index (χ1v) is 12.3. The Hall–Kier alpha value is -3.33. The van der Waals surface area contributed by atoms with Gasteiger partial charge in [-0.15, -0.1) is 11.3 Å². The SMILES string of the molecule is Cc1ccc(F)cc1-n1nc(-c2c(C)nc3scc(CC(=O)N4CCCCC4)n3c2=O)cc1C. The van der Waals surface area contributed by atoms with Gasteiger partial charge in [0.1, 0.15) is 11.5 Å². The largest absolute Gasteiger partial charge is 0.342 e. The lowest BCUT2D eigenvalue weighted by atomic mass is 10.1. The Morgan fingerprint density at radius 3 is 2.65 bits per heavy atom. The molecule has 0 unspecified atom stereocenters. The van der Waals surface area contributed by atoms with E-state index in [-0.39, 0.29) is 23.7 Å². The van der Waals surface area contributed by atoms with E-state index >= 15 is 0 Å². The Labute approximate surface area is 200 Å². The molecule has 4 aromatic rings. The number of thiazole rings is 1. The predicted molar refractivity (Wildman–Crippen MR) is 130 cm³/mol. The van der Waals surface area contributed by atoms with Gasteiger partial charge in [-0.05, 0) is 63.8 Å². The van der Waals surface area contributed by atoms with Crippen molar-refractivity contribution in [2.24, 2.45) is 0 Å². The van der Waals surface area contributed by atoms with Crippen molar-refractivity contribution < 1.29 is 9.18 Å². The third-order valence-electron chi connectivity index (χ3n) is 6.41. The summed E-state index contributed by atoms with van der Waals surface area (Å²) in [6, 6.07) is 6.36. The van der Waals surface area contributed by atoms with E-state index in [1.54, 1.807) is 17.7 Å². The van der Waals surface area contributed by atoms with Crippen LogP contribution in [-0.2, 0) is 11.2 Å². The zero-order valence-corrected chi connectivity index (χ0v) is 20.3. The van der Waals surface area contributed by atoms with Crippen LogP contribution < -0.4 is 5.56 Å². The van der Waals surface area contributed by atoms with Crippen LogP contribution in [0.25, 0.3) is 21.9 Å². The molecule has 0 radical (unpaired) electrons. The summed E-state index contributed by atoms with van der Waals surface area (Å²) < 4.78 is 17.1. The van der Waals surface area contributed by atoms with Gasteiger partial charge in [0.15, 0.2) is 4.96 Å². The lowest BCUT2D eigenvalue weighted by Crippen LogP contribution is -2.37. The van der Waals surface area contributed by atoms with Crippen LogP contribution in [0.1, 0.15) is 41.9 Å². The van der Waals surface area contributed by atoms with Crippen LogP contribution in [0.3, 0.4) is 0 Å². The van der Waals surface area contributed by atoms with Crippen molar-refractivity contribution in [3.63, 3.8) is 0 Å². The van der Waals surface area contributed by atoms with Crippen molar-refractivity contribution in [3.05, 3.63) is 68.5 Å². The molecule has 1 aromatic carbocycles. The van der Waals surface area contributed by atoms with Crippen LogP contribution in [0, 0.1) is 26.6 Å². The number of likely N-dealkylation sites (tertiary alicyclic amines) is 1. The molecule has 1 aliphatic rings. The number of hydrogen-bond acceptors (Lipinski definition) is 5. The Balaban J connectivity index is 1.57. The van der Waals surface area contributed by atoms with E-state index < -0.39 is 0 Å². The van der Waals surface area contributed by atoms with Gasteiger partial charge in [-0.3, -0.25) is 14.0 Å². The molecule has 176 valence electrons. The van der Waals surface area contributed by atoms with Crippen LogP contribution in [-0.4, -0.2) is 43.1 Å². The average molecular weight is 480 g/mol. The molecule has 0 aliphatic carbocycles. The second-order valence-corrected chi connectivity index (χ2v) is 9.69. The highest BCUT2D eigenvalue weighted by Gasteiger charge is 2.22. The summed E-state index contributed by atoms with van der Waals surface area (Å²) in [5.41, 5.74) is 4.11. The third-order valence-corrected chi connectivity index (χ3v) is 7.28. The van der Waals surface area contributed by atoms with Crippen LogP contribution in [0.2, 0.25) is 0 Å². The standard InChI is InChI=1S/C25H26FN5O2S/c1-15-7-8-18(26)12-21(15)31-16(2)11-20(28-31)23-17(3)27-25-30(24(23)33)19(14-34-25)13-22(32)29-9-5-4-6-10-29/h7-8,11-12,14H,4-6,9-10,13H2,1-3H3. The molecule has 0 saturated carbocycles. The highest BCUT2D eigenvalue weighted by Crippen LogP contribution is 2.25. The lowest BCUT2D eigenvalue weighted by Gasteiger charge is -2.26. The summed E-state index contributed by atoms with van der Waals surface area (Å²) in [6.45, 7) is 7.09. The maximum Gasteiger partial charge on any atom is 0.268 e. The van der Waals surface area contributed by atoms with Crippen molar-refractivity contribution in [2.45, 2.75) is 46.5 Å². The molecular weight excluding hydrogens is 453 g/mol. The van der Waals surface area contributed by atoms with Crippen molar-refractivity contribution in [1.29, 1.82) is 0 Å². The van der Waals surface area contributed by atoms with Gasteiger partial charge in [0, 0.05) is 29.9 Å². The zero-order valence-electron chi connectivity index (χ0n) is 19.5. The molecule has 34 heavy (non-hydrogen) atoms. The summed E-state index contributed by atoms with van der Waals surface area (Å²) in [7, 11) is 0. The molecule has 1 amide bonds. The van der Waals surface area contributed by atoms with Crippen molar-refractivity contribution in [1.82, 2.24) is 24.1 Å². The van der Waals surface area contributed by atoms with Crippen LogP contribution in [0.5, 0.6) is 0 Å². The summed E-state index contributed by atoms with van der Waals surface area (Å²) in [5.74, 6) is -0.312. The monoisotopic (exact) mass is 479 g/mol. The van der Waals surface area contributed by atoms with E-state index in [1.165, 1.54) is 27.9 Å². The second kappa shape index (κ2) is 8.79. The number of aryl methyl sites for hydroxylation is 3. The van der Waals surface area contributed by atoms with Crippen LogP contribution in [0.4, 0.5) is 4.39 Å². The number of nitrogens with zero attached hydrogens (tertiary/aromatic N) is 5. The van der Waals surface area contributed by atoms with Crippen LogP contribution >= 0.6 is 11.3 Å². The number of fused-ring (bicyclic) bond motifs is 1. The topological polar surface area (TPSA) is 72.5 Å². The number of piperidine rings is 1. The fourth-order valence-electron chi connectivity index (χ4n) is 4.59. The minimum absolute atomic E-state index is 0.0372. The fourth-order valence-corrected chi connectivity index (χ4v) is 5.51. The molecule has 3 aromatic heterocycles. The highest BCUT2D eigenvalue weighted by atomic mass is 32.1. The van der Waals surface area contributed by atoms with Gasteiger partial charge in [0.2, 0.25) is 5.91 Å². The van der Waals surface area contributed by atoms with Crippen molar-refractivity contribution in [3.8, 4) is 16.9 Å². The average Bonchev–Trinajstić information content (AvgIpc) is 3.39. The molecule has 9 heteroatoms. The van der Waals surface area contributed by atoms with E-state index in [0.29, 0.717) is 33.3 Å². The number of halogens is 1. The molecule has 5 rings (SSSR count). The molecule has 1 aliphatic heterocycles. The smallest absolute Gasteiger partial charge is 0.268 e. The van der Waals surface area contributed by atoms with Gasteiger partial charge in [0.05, 0.1) is 23.4 Å². The number of hydrogen-bond donors (Lipinski definition) is 0. The second-order valence-electron chi connectivity index (χ2n) is 8.85. The molecule has 0 N–H and O–H groups in total. The first-order valence-electron chi connectivity index (χ1n) is 11.4. The van der Waals surface area contributed by atoms with Gasteiger partial charge >= 0.3 is 0 Å². The Morgan fingerprint density at radius 2 is 1.88 bits per heavy atom. The molecule has 7 nitrogen and oxygen atoms in total. The highest BCUT2D eigenvalue weighted by molar-refractivity contribution is 7.15. The molecule has 1 saturated heterocycles. The number of benzene rings is 1. The Bertz CT molecular complexity index is 1460. The third kappa shape index (κ3) is 3.94. The molecule has 0 bridgehead atoms. The van der Waals surface area contributed by atoms with E-state index in [1.807, 2.05) is 30.2 Å². The quantitative estimate of drug-likeness (QED) is 0.439. The van der Waals surface area contributed by atoms with Gasteiger partial charge < -0.3 is 4.90 Å². The number of amides is 1. The Kier molecular flexibility index (Phi) is 5.81.